The van der Waals surface area contributed by atoms with Crippen molar-refractivity contribution in [1.82, 2.24) is 5.32 Å². The molecule has 1 amide bonds. The number of likely N-dealkylation sites (N-methyl/N-ethyl adjacent to an activating group) is 1. The molecule has 0 aromatic rings. The molecule has 9 nitrogen and oxygen atoms in total. The largest absolute Gasteiger partial charge is 0.472 e. The number of nitrogens with zero attached hydrogens (tertiary/aromatic N) is 1. The molecule has 0 bridgehead atoms. The monoisotopic (exact) mass is 1300 g/mol. The number of hydrogen-bond acceptors (Lipinski definition) is 6. The zero-order valence-electron chi connectivity index (χ0n) is 61.4. The van der Waals surface area contributed by atoms with Crippen LogP contribution in [0.15, 0.2) is 60.8 Å². The fourth-order valence-electron chi connectivity index (χ4n) is 11.9. The molecule has 0 aliphatic rings. The van der Waals surface area contributed by atoms with Gasteiger partial charge in [-0.1, -0.05) is 364 Å². The summed E-state index contributed by atoms with van der Waals surface area (Å²) < 4.78 is 30.9. The molecule has 10 heteroatoms. The van der Waals surface area contributed by atoms with Gasteiger partial charge in [-0.2, -0.15) is 0 Å². The summed E-state index contributed by atoms with van der Waals surface area (Å²) in [5.74, 6) is -0.488. The van der Waals surface area contributed by atoms with Crippen molar-refractivity contribution >= 4 is 19.7 Å². The van der Waals surface area contributed by atoms with Crippen LogP contribution in [-0.4, -0.2) is 74.3 Å². The quantitative estimate of drug-likeness (QED) is 0.0205. The van der Waals surface area contributed by atoms with E-state index in [1.54, 1.807) is 0 Å². The van der Waals surface area contributed by atoms with Gasteiger partial charge in [0.05, 0.1) is 33.8 Å². The van der Waals surface area contributed by atoms with Crippen LogP contribution in [0.4, 0.5) is 0 Å². The second-order valence-corrected chi connectivity index (χ2v) is 29.7. The lowest BCUT2D eigenvalue weighted by atomic mass is 10.0. The second-order valence-electron chi connectivity index (χ2n) is 28.2. The minimum atomic E-state index is -4.46. The molecule has 3 unspecified atom stereocenters. The molecule has 0 heterocycles. The third-order valence-electron chi connectivity index (χ3n) is 18.0. The van der Waals surface area contributed by atoms with Crippen LogP contribution < -0.4 is 5.32 Å². The number of hydrogen-bond donors (Lipinski definition) is 2. The molecule has 0 rings (SSSR count). The van der Waals surface area contributed by atoms with Crippen molar-refractivity contribution in [2.75, 3.05) is 40.9 Å². The smallest absolute Gasteiger partial charge is 0.456 e. The molecule has 0 aromatic heterocycles. The molecule has 0 fully saturated rings. The number of amides is 1. The number of carbonyl (C=O) groups excluding carboxylic acids is 2. The summed E-state index contributed by atoms with van der Waals surface area (Å²) in [5.41, 5.74) is 0. The van der Waals surface area contributed by atoms with Crippen molar-refractivity contribution < 1.29 is 37.3 Å². The SMILES string of the molecule is CCCCC/C=C\C/C=C\C/C=C\C/C=C\CCCCCCCCCCCCCC(=O)NC(COP(=O)(O)OCC[N+](C)(C)C)C(/C=C/CCCCCCCCCCCCC)OC(=O)CCCCCCCCCCCCCCCCCCCCCCCCCCC. The Hall–Kier alpha value is -2.29. The maximum Gasteiger partial charge on any atom is 0.472 e. The first-order chi connectivity index (χ1) is 44.4. The first-order valence-corrected chi connectivity index (χ1v) is 41.1. The van der Waals surface area contributed by atoms with E-state index in [9.17, 15) is 19.0 Å². The molecular formula is C81H154N2O7P+. The summed E-state index contributed by atoms with van der Waals surface area (Å²) in [7, 11) is 1.51. The van der Waals surface area contributed by atoms with Gasteiger partial charge in [0, 0.05) is 12.8 Å². The van der Waals surface area contributed by atoms with E-state index in [0.29, 0.717) is 23.9 Å². The molecule has 0 aliphatic heterocycles. The molecule has 2 N–H and O–H groups in total. The third kappa shape index (κ3) is 71.8. The Morgan fingerprint density at radius 1 is 0.385 bits per heavy atom. The Bertz CT molecular complexity index is 1740. The number of phosphoric ester groups is 1. The zero-order chi connectivity index (χ0) is 66.3. The Kier molecular flexibility index (Phi) is 68.7. The highest BCUT2D eigenvalue weighted by atomic mass is 31.2. The van der Waals surface area contributed by atoms with Crippen molar-refractivity contribution in [2.24, 2.45) is 0 Å². The molecule has 91 heavy (non-hydrogen) atoms. The van der Waals surface area contributed by atoms with Gasteiger partial charge < -0.3 is 19.4 Å². The lowest BCUT2D eigenvalue weighted by Crippen LogP contribution is -2.47. The van der Waals surface area contributed by atoms with Crippen LogP contribution in [0, 0.1) is 0 Å². The molecule has 0 spiro atoms. The Balaban J connectivity index is 4.97. The fraction of sp³-hybridized carbons (Fsp3) is 0.852. The summed E-state index contributed by atoms with van der Waals surface area (Å²) >= 11 is 0. The Morgan fingerprint density at radius 2 is 0.670 bits per heavy atom. The van der Waals surface area contributed by atoms with E-state index in [-0.39, 0.29) is 25.1 Å². The first-order valence-electron chi connectivity index (χ1n) is 39.6. The van der Waals surface area contributed by atoms with E-state index >= 15 is 0 Å². The van der Waals surface area contributed by atoms with Crippen molar-refractivity contribution in [3.05, 3.63) is 60.8 Å². The summed E-state index contributed by atoms with van der Waals surface area (Å²) in [4.78, 5) is 38.1. The topological polar surface area (TPSA) is 111 Å². The molecular weight excluding hydrogens is 1140 g/mol. The van der Waals surface area contributed by atoms with E-state index in [1.165, 1.54) is 283 Å². The van der Waals surface area contributed by atoms with Gasteiger partial charge in [0.15, 0.2) is 0 Å². The van der Waals surface area contributed by atoms with Crippen molar-refractivity contribution in [3.63, 3.8) is 0 Å². The molecule has 0 aliphatic carbocycles. The second kappa shape index (κ2) is 70.5. The van der Waals surface area contributed by atoms with Crippen LogP contribution in [0.5, 0.6) is 0 Å². The van der Waals surface area contributed by atoms with Crippen molar-refractivity contribution in [1.29, 1.82) is 0 Å². The molecule has 0 saturated carbocycles. The minimum absolute atomic E-state index is 0.0407. The van der Waals surface area contributed by atoms with Crippen molar-refractivity contribution in [2.45, 2.75) is 405 Å². The van der Waals surface area contributed by atoms with Gasteiger partial charge in [0.25, 0.3) is 0 Å². The van der Waals surface area contributed by atoms with Gasteiger partial charge in [0.1, 0.15) is 19.3 Å². The lowest BCUT2D eigenvalue weighted by molar-refractivity contribution is -0.870. The van der Waals surface area contributed by atoms with Crippen LogP contribution in [-0.2, 0) is 27.9 Å². The van der Waals surface area contributed by atoms with Crippen LogP contribution >= 0.6 is 7.82 Å². The Labute approximate surface area is 566 Å². The first kappa shape index (κ1) is 88.7. The van der Waals surface area contributed by atoms with Gasteiger partial charge >= 0.3 is 13.8 Å². The van der Waals surface area contributed by atoms with E-state index < -0.39 is 20.0 Å². The average molecular weight is 1300 g/mol. The predicted molar refractivity (Wildman–Crippen MR) is 397 cm³/mol. The summed E-state index contributed by atoms with van der Waals surface area (Å²) in [6.45, 7) is 7.05. The fourth-order valence-corrected chi connectivity index (χ4v) is 12.6. The number of nitrogens with one attached hydrogen (secondary N) is 1. The van der Waals surface area contributed by atoms with Gasteiger partial charge in [0.2, 0.25) is 5.91 Å². The average Bonchev–Trinajstić information content (AvgIpc) is 3.45. The Morgan fingerprint density at radius 3 is 1.02 bits per heavy atom. The number of quaternary nitrogens is 1. The number of phosphoric acid groups is 1. The van der Waals surface area contributed by atoms with Crippen molar-refractivity contribution in [3.8, 4) is 0 Å². The zero-order valence-corrected chi connectivity index (χ0v) is 62.2. The highest BCUT2D eigenvalue weighted by Crippen LogP contribution is 2.43. The number of esters is 1. The van der Waals surface area contributed by atoms with E-state index in [2.05, 4.69) is 80.8 Å². The van der Waals surface area contributed by atoms with Gasteiger partial charge in [-0.25, -0.2) is 4.57 Å². The number of carbonyl (C=O) groups is 2. The molecule has 0 radical (unpaired) electrons. The maximum absolute atomic E-state index is 13.7. The highest BCUT2D eigenvalue weighted by molar-refractivity contribution is 7.47. The van der Waals surface area contributed by atoms with Gasteiger partial charge in [-0.05, 0) is 76.7 Å². The minimum Gasteiger partial charge on any atom is -0.456 e. The van der Waals surface area contributed by atoms with Crippen LogP contribution in [0.2, 0.25) is 0 Å². The van der Waals surface area contributed by atoms with E-state index in [0.717, 1.165) is 77.0 Å². The van der Waals surface area contributed by atoms with Gasteiger partial charge in [-0.15, -0.1) is 0 Å². The number of unbranched alkanes of at least 4 members (excludes halogenated alkanes) is 49. The number of ether oxygens (including phenoxy) is 1. The normalized spacial score (nSPS) is 13.7. The van der Waals surface area contributed by atoms with E-state index in [4.69, 9.17) is 13.8 Å². The van der Waals surface area contributed by atoms with Crippen LogP contribution in [0.1, 0.15) is 393 Å². The third-order valence-corrected chi connectivity index (χ3v) is 18.9. The molecule has 3 atom stereocenters. The maximum atomic E-state index is 13.7. The predicted octanol–water partition coefficient (Wildman–Crippen LogP) is 25.7. The number of rotatable bonds is 73. The van der Waals surface area contributed by atoms with Crippen LogP contribution in [0.25, 0.3) is 0 Å². The summed E-state index contributed by atoms with van der Waals surface area (Å²) in [5, 5.41) is 3.09. The highest BCUT2D eigenvalue weighted by Gasteiger charge is 2.30. The lowest BCUT2D eigenvalue weighted by Gasteiger charge is -2.27. The molecule has 534 valence electrons. The molecule has 0 aromatic carbocycles. The standard InChI is InChI=1S/C81H153N2O7P/c1-7-10-13-16-19-22-25-28-30-32-34-36-38-40-41-43-44-46-48-50-52-55-58-61-64-67-70-73-80(84)82-78(77-89-91(86,87)88-76-75-83(4,5)6)79(72-69-66-63-60-57-54-27-24-21-18-15-12-9-3)90-81(85)74-71-68-65-62-59-56-53-51-49-47-45-42-39-37-35-33-31-29-26-23-20-17-14-11-8-2/h19,22,28,30,34,36,40-41,69,72,78-79H,7-18,20-21,23-27,29,31-33,35,37-39,42-68,70-71,73-77H2,1-6H3,(H-,82,84,86,87)/p+1/b22-19-,30-28-,36-34-,41-40-,72-69+. The molecule has 0 saturated heterocycles. The number of allylic oxidation sites excluding steroid dienone is 9. The van der Waals surface area contributed by atoms with Crippen LogP contribution in [0.3, 0.4) is 0 Å². The summed E-state index contributed by atoms with van der Waals surface area (Å²) in [6.07, 6.45) is 92.5. The summed E-state index contributed by atoms with van der Waals surface area (Å²) in [6, 6.07) is -0.851. The van der Waals surface area contributed by atoms with E-state index in [1.807, 2.05) is 27.2 Å². The van der Waals surface area contributed by atoms with Gasteiger partial charge in [-0.3, -0.25) is 18.6 Å².